The third-order valence-electron chi connectivity index (χ3n) is 2.00. The quantitative estimate of drug-likeness (QED) is 0.721. The molecule has 0 bridgehead atoms. The van der Waals surface area contributed by atoms with Gasteiger partial charge in [-0.05, 0) is 19.9 Å². The fourth-order valence-electron chi connectivity index (χ4n) is 1.23. The van der Waals surface area contributed by atoms with Crippen molar-refractivity contribution in [2.45, 2.75) is 30.6 Å². The number of thiazole rings is 1. The first-order chi connectivity index (χ1) is 7.26. The van der Waals surface area contributed by atoms with Crippen LogP contribution in [0.3, 0.4) is 0 Å². The van der Waals surface area contributed by atoms with Crippen molar-refractivity contribution < 1.29 is 5.11 Å². The van der Waals surface area contributed by atoms with Gasteiger partial charge >= 0.3 is 0 Å². The van der Waals surface area contributed by atoms with E-state index >= 15 is 0 Å². The van der Waals surface area contributed by atoms with Gasteiger partial charge in [0, 0.05) is 22.9 Å². The highest BCUT2D eigenvalue weighted by molar-refractivity contribution is 8.01. The molecule has 0 aliphatic rings. The topological polar surface area (TPSA) is 45.1 Å². The standard InChI is InChI=1S/C10H18N2OS2/c1-3-11-9(6-13)4-5-14-10-12-8(2)7-15-10/h7,9,11,13H,3-6H2,1-2H3. The first-order valence-corrected chi connectivity index (χ1v) is 7.02. The summed E-state index contributed by atoms with van der Waals surface area (Å²) in [5.74, 6) is 1.01. The van der Waals surface area contributed by atoms with Crippen LogP contribution in [-0.2, 0) is 0 Å². The normalized spacial score (nSPS) is 13.0. The van der Waals surface area contributed by atoms with Crippen LogP contribution in [0.15, 0.2) is 9.72 Å². The Balaban J connectivity index is 2.20. The van der Waals surface area contributed by atoms with Gasteiger partial charge in [-0.15, -0.1) is 11.3 Å². The molecule has 0 fully saturated rings. The lowest BCUT2D eigenvalue weighted by Gasteiger charge is -2.13. The molecule has 0 aromatic carbocycles. The van der Waals surface area contributed by atoms with Crippen molar-refractivity contribution in [2.24, 2.45) is 0 Å². The maximum absolute atomic E-state index is 9.07. The van der Waals surface area contributed by atoms with Crippen LogP contribution in [0.5, 0.6) is 0 Å². The van der Waals surface area contributed by atoms with Gasteiger partial charge in [-0.1, -0.05) is 18.7 Å². The largest absolute Gasteiger partial charge is 0.395 e. The first kappa shape index (κ1) is 13.0. The van der Waals surface area contributed by atoms with E-state index < -0.39 is 0 Å². The number of aliphatic hydroxyl groups excluding tert-OH is 1. The molecule has 0 radical (unpaired) electrons. The lowest BCUT2D eigenvalue weighted by Crippen LogP contribution is -2.32. The SMILES string of the molecule is CCNC(CO)CCSc1nc(C)cs1. The fraction of sp³-hybridized carbons (Fsp3) is 0.700. The van der Waals surface area contributed by atoms with Crippen LogP contribution in [0.4, 0.5) is 0 Å². The first-order valence-electron chi connectivity index (χ1n) is 5.15. The zero-order valence-electron chi connectivity index (χ0n) is 9.19. The lowest BCUT2D eigenvalue weighted by atomic mass is 10.2. The van der Waals surface area contributed by atoms with Crippen LogP contribution in [-0.4, -0.2) is 35.0 Å². The summed E-state index contributed by atoms with van der Waals surface area (Å²) in [4.78, 5) is 4.38. The minimum atomic E-state index is 0.214. The van der Waals surface area contributed by atoms with Crippen molar-refractivity contribution in [2.75, 3.05) is 18.9 Å². The second-order valence-electron chi connectivity index (χ2n) is 3.33. The van der Waals surface area contributed by atoms with E-state index in [1.54, 1.807) is 23.1 Å². The molecule has 15 heavy (non-hydrogen) atoms. The lowest BCUT2D eigenvalue weighted by molar-refractivity contribution is 0.242. The van der Waals surface area contributed by atoms with Crippen molar-refractivity contribution in [3.05, 3.63) is 11.1 Å². The Hall–Kier alpha value is -0.100. The van der Waals surface area contributed by atoms with E-state index in [-0.39, 0.29) is 12.6 Å². The Kier molecular flexibility index (Phi) is 6.24. The van der Waals surface area contributed by atoms with Gasteiger partial charge < -0.3 is 10.4 Å². The second kappa shape index (κ2) is 7.22. The monoisotopic (exact) mass is 246 g/mol. The third-order valence-corrected chi connectivity index (χ3v) is 4.18. The maximum Gasteiger partial charge on any atom is 0.150 e. The summed E-state index contributed by atoms with van der Waals surface area (Å²) < 4.78 is 1.13. The van der Waals surface area contributed by atoms with E-state index in [4.69, 9.17) is 5.11 Å². The highest BCUT2D eigenvalue weighted by Gasteiger charge is 2.06. The van der Waals surface area contributed by atoms with Gasteiger partial charge in [0.15, 0.2) is 0 Å². The highest BCUT2D eigenvalue weighted by atomic mass is 32.2. The molecule has 1 rings (SSSR count). The van der Waals surface area contributed by atoms with Gasteiger partial charge in [0.2, 0.25) is 0 Å². The molecular formula is C10H18N2OS2. The van der Waals surface area contributed by atoms with E-state index in [2.05, 4.69) is 22.6 Å². The number of aromatic nitrogens is 1. The average molecular weight is 246 g/mol. The summed E-state index contributed by atoms with van der Waals surface area (Å²) >= 11 is 3.46. The summed E-state index contributed by atoms with van der Waals surface area (Å²) in [6.07, 6.45) is 0.980. The smallest absolute Gasteiger partial charge is 0.150 e. The molecule has 1 aromatic rings. The molecule has 1 atom stereocenters. The Morgan fingerprint density at radius 2 is 2.47 bits per heavy atom. The summed E-state index contributed by atoms with van der Waals surface area (Å²) in [6.45, 7) is 5.19. The molecule has 0 amide bonds. The molecule has 2 N–H and O–H groups in total. The number of aliphatic hydroxyl groups is 1. The van der Waals surface area contributed by atoms with Crippen molar-refractivity contribution >= 4 is 23.1 Å². The summed E-state index contributed by atoms with van der Waals surface area (Å²) in [5, 5.41) is 14.4. The summed E-state index contributed by atoms with van der Waals surface area (Å²) in [7, 11) is 0. The maximum atomic E-state index is 9.07. The van der Waals surface area contributed by atoms with Gasteiger partial charge in [0.25, 0.3) is 0 Å². The van der Waals surface area contributed by atoms with Crippen molar-refractivity contribution in [1.82, 2.24) is 10.3 Å². The van der Waals surface area contributed by atoms with Gasteiger partial charge in [0.1, 0.15) is 4.34 Å². The molecule has 86 valence electrons. The van der Waals surface area contributed by atoms with Crippen LogP contribution in [0, 0.1) is 6.92 Å². The minimum absolute atomic E-state index is 0.214. The minimum Gasteiger partial charge on any atom is -0.395 e. The summed E-state index contributed by atoms with van der Waals surface area (Å²) in [6, 6.07) is 0.226. The van der Waals surface area contributed by atoms with Crippen LogP contribution in [0.25, 0.3) is 0 Å². The van der Waals surface area contributed by atoms with E-state index in [1.165, 1.54) is 0 Å². The third kappa shape index (κ3) is 4.97. The molecule has 1 unspecified atom stereocenters. The van der Waals surface area contributed by atoms with Gasteiger partial charge in [0.05, 0.1) is 6.61 Å². The number of hydrogen-bond acceptors (Lipinski definition) is 5. The van der Waals surface area contributed by atoms with Gasteiger partial charge in [-0.25, -0.2) is 4.98 Å². The zero-order chi connectivity index (χ0) is 11.1. The molecule has 0 aliphatic heterocycles. The second-order valence-corrected chi connectivity index (χ2v) is 5.53. The van der Waals surface area contributed by atoms with Crippen molar-refractivity contribution in [1.29, 1.82) is 0 Å². The molecule has 1 aromatic heterocycles. The number of nitrogens with one attached hydrogen (secondary N) is 1. The van der Waals surface area contributed by atoms with E-state index in [0.717, 1.165) is 28.8 Å². The number of rotatable bonds is 7. The van der Waals surface area contributed by atoms with Crippen LogP contribution in [0.2, 0.25) is 0 Å². The van der Waals surface area contributed by atoms with E-state index in [1.807, 2.05) is 6.92 Å². The van der Waals surface area contributed by atoms with Crippen molar-refractivity contribution in [3.63, 3.8) is 0 Å². The average Bonchev–Trinajstić information content (AvgIpc) is 2.63. The molecular weight excluding hydrogens is 228 g/mol. The number of aryl methyl sites for hydroxylation is 1. The Bertz CT molecular complexity index is 278. The predicted octanol–water partition coefficient (Wildman–Crippen LogP) is 1.90. The molecule has 0 saturated carbocycles. The molecule has 0 spiro atoms. The Labute approximate surface area is 99.3 Å². The van der Waals surface area contributed by atoms with Crippen LogP contribution in [0.1, 0.15) is 19.0 Å². The van der Waals surface area contributed by atoms with E-state index in [0.29, 0.717) is 0 Å². The Morgan fingerprint density at radius 1 is 1.67 bits per heavy atom. The number of thioether (sulfide) groups is 1. The Morgan fingerprint density at radius 3 is 3.00 bits per heavy atom. The van der Waals surface area contributed by atoms with Crippen molar-refractivity contribution in [3.8, 4) is 0 Å². The van der Waals surface area contributed by atoms with Gasteiger partial charge in [-0.3, -0.25) is 0 Å². The van der Waals surface area contributed by atoms with E-state index in [9.17, 15) is 0 Å². The number of nitrogens with zero attached hydrogens (tertiary/aromatic N) is 1. The zero-order valence-corrected chi connectivity index (χ0v) is 10.8. The number of likely N-dealkylation sites (N-methyl/N-ethyl adjacent to an activating group) is 1. The fourth-order valence-corrected chi connectivity index (χ4v) is 3.21. The molecule has 5 heteroatoms. The molecule has 3 nitrogen and oxygen atoms in total. The predicted molar refractivity (Wildman–Crippen MR) is 66.7 cm³/mol. The molecule has 0 saturated heterocycles. The molecule has 0 aliphatic carbocycles. The molecule has 1 heterocycles. The van der Waals surface area contributed by atoms with Crippen LogP contribution < -0.4 is 5.32 Å². The van der Waals surface area contributed by atoms with Crippen LogP contribution >= 0.6 is 23.1 Å². The number of hydrogen-bond donors (Lipinski definition) is 2. The summed E-state index contributed by atoms with van der Waals surface area (Å²) in [5.41, 5.74) is 1.09. The van der Waals surface area contributed by atoms with Gasteiger partial charge in [-0.2, -0.15) is 0 Å². The highest BCUT2D eigenvalue weighted by Crippen LogP contribution is 2.23.